The van der Waals surface area contributed by atoms with E-state index in [0.29, 0.717) is 11.8 Å². The number of rotatable bonds is 5. The predicted octanol–water partition coefficient (Wildman–Crippen LogP) is 4.15. The SMILES string of the molecule is CC(C)c1csc([C@H]2CCCN(Cc3nnc(C(C)C)o3)C2)n1. The molecule has 0 spiro atoms. The molecule has 6 heteroatoms. The molecule has 5 nitrogen and oxygen atoms in total. The molecule has 0 bridgehead atoms. The summed E-state index contributed by atoms with van der Waals surface area (Å²) in [4.78, 5) is 7.26. The number of piperidine rings is 1. The van der Waals surface area contributed by atoms with Gasteiger partial charge in [0.05, 0.1) is 17.2 Å². The number of hydrogen-bond donors (Lipinski definition) is 0. The Morgan fingerprint density at radius 2 is 2.09 bits per heavy atom. The summed E-state index contributed by atoms with van der Waals surface area (Å²) in [6.07, 6.45) is 2.43. The Bertz CT molecular complexity index is 634. The van der Waals surface area contributed by atoms with Crippen molar-refractivity contribution in [1.82, 2.24) is 20.1 Å². The summed E-state index contributed by atoms with van der Waals surface area (Å²) in [7, 11) is 0. The van der Waals surface area contributed by atoms with E-state index in [1.807, 2.05) is 11.3 Å². The second kappa shape index (κ2) is 7.09. The zero-order chi connectivity index (χ0) is 16.4. The third-order valence-corrected chi connectivity index (χ3v) is 5.35. The van der Waals surface area contributed by atoms with Gasteiger partial charge in [-0.1, -0.05) is 27.7 Å². The lowest BCUT2D eigenvalue weighted by Gasteiger charge is -2.30. The maximum atomic E-state index is 5.75. The normalized spacial score (nSPS) is 19.8. The van der Waals surface area contributed by atoms with E-state index in [0.717, 1.165) is 31.4 Å². The smallest absolute Gasteiger partial charge is 0.230 e. The minimum Gasteiger partial charge on any atom is -0.424 e. The molecule has 1 atom stereocenters. The van der Waals surface area contributed by atoms with Gasteiger partial charge in [-0.15, -0.1) is 21.5 Å². The number of likely N-dealkylation sites (tertiary alicyclic amines) is 1. The van der Waals surface area contributed by atoms with Crippen LogP contribution >= 0.6 is 11.3 Å². The maximum Gasteiger partial charge on any atom is 0.230 e. The Hall–Kier alpha value is -1.27. The molecule has 2 aromatic rings. The Kier molecular flexibility index (Phi) is 5.11. The number of nitrogens with zero attached hydrogens (tertiary/aromatic N) is 4. The molecule has 1 aliphatic rings. The molecule has 0 unspecified atom stereocenters. The van der Waals surface area contributed by atoms with Crippen LogP contribution in [0.4, 0.5) is 0 Å². The topological polar surface area (TPSA) is 55.1 Å². The second-order valence-electron chi connectivity index (χ2n) is 7.03. The van der Waals surface area contributed by atoms with Crippen LogP contribution in [0.5, 0.6) is 0 Å². The molecule has 1 fully saturated rings. The summed E-state index contributed by atoms with van der Waals surface area (Å²) >= 11 is 1.81. The highest BCUT2D eigenvalue weighted by Gasteiger charge is 2.25. The van der Waals surface area contributed by atoms with E-state index >= 15 is 0 Å². The van der Waals surface area contributed by atoms with Crippen molar-refractivity contribution in [3.05, 3.63) is 27.9 Å². The van der Waals surface area contributed by atoms with Crippen molar-refractivity contribution in [2.75, 3.05) is 13.1 Å². The average molecular weight is 334 g/mol. The molecule has 0 radical (unpaired) electrons. The van der Waals surface area contributed by atoms with Crippen molar-refractivity contribution in [3.8, 4) is 0 Å². The minimum atomic E-state index is 0.287. The molecule has 3 heterocycles. The summed E-state index contributed by atoms with van der Waals surface area (Å²) in [6.45, 7) is 11.4. The van der Waals surface area contributed by atoms with Crippen molar-refractivity contribution in [2.45, 2.75) is 64.8 Å². The van der Waals surface area contributed by atoms with Crippen LogP contribution in [0.3, 0.4) is 0 Å². The fourth-order valence-electron chi connectivity index (χ4n) is 2.91. The fraction of sp³-hybridized carbons (Fsp3) is 0.706. The minimum absolute atomic E-state index is 0.287. The van der Waals surface area contributed by atoms with Gasteiger partial charge < -0.3 is 4.42 Å². The van der Waals surface area contributed by atoms with Crippen molar-refractivity contribution < 1.29 is 4.42 Å². The summed E-state index contributed by atoms with van der Waals surface area (Å²) in [5, 5.41) is 11.8. The first kappa shape index (κ1) is 16.6. The quantitative estimate of drug-likeness (QED) is 0.822. The third-order valence-electron chi connectivity index (χ3n) is 4.32. The Labute approximate surface area is 142 Å². The van der Waals surface area contributed by atoms with Crippen LogP contribution in [0.1, 0.15) is 80.8 Å². The zero-order valence-corrected chi connectivity index (χ0v) is 15.3. The summed E-state index contributed by atoms with van der Waals surface area (Å²) in [5.41, 5.74) is 1.22. The maximum absolute atomic E-state index is 5.75. The van der Waals surface area contributed by atoms with E-state index in [2.05, 4.69) is 48.2 Å². The van der Waals surface area contributed by atoms with Crippen LogP contribution in [-0.2, 0) is 6.54 Å². The van der Waals surface area contributed by atoms with Crippen molar-refractivity contribution in [1.29, 1.82) is 0 Å². The average Bonchev–Trinajstić information content (AvgIpc) is 3.16. The van der Waals surface area contributed by atoms with Gasteiger partial charge in [-0.3, -0.25) is 4.90 Å². The second-order valence-corrected chi connectivity index (χ2v) is 7.92. The highest BCUT2D eigenvalue weighted by atomic mass is 32.1. The third kappa shape index (κ3) is 3.98. The van der Waals surface area contributed by atoms with Gasteiger partial charge in [0.15, 0.2) is 0 Å². The first-order valence-corrected chi connectivity index (χ1v) is 9.40. The molecule has 1 aliphatic heterocycles. The van der Waals surface area contributed by atoms with Crippen molar-refractivity contribution in [3.63, 3.8) is 0 Å². The highest BCUT2D eigenvalue weighted by molar-refractivity contribution is 7.09. The molecular formula is C17H26N4OS. The van der Waals surface area contributed by atoms with Crippen LogP contribution < -0.4 is 0 Å². The molecule has 126 valence electrons. The molecule has 2 aromatic heterocycles. The van der Waals surface area contributed by atoms with Crippen molar-refractivity contribution in [2.24, 2.45) is 0 Å². The van der Waals surface area contributed by atoms with Gasteiger partial charge in [-0.2, -0.15) is 0 Å². The van der Waals surface area contributed by atoms with Crippen LogP contribution in [0.25, 0.3) is 0 Å². The largest absolute Gasteiger partial charge is 0.424 e. The molecule has 1 saturated heterocycles. The predicted molar refractivity (Wildman–Crippen MR) is 91.8 cm³/mol. The van der Waals surface area contributed by atoms with E-state index in [1.54, 1.807) is 0 Å². The molecule has 23 heavy (non-hydrogen) atoms. The summed E-state index contributed by atoms with van der Waals surface area (Å²) in [6, 6.07) is 0. The molecule has 0 aliphatic carbocycles. The Balaban J connectivity index is 1.63. The van der Waals surface area contributed by atoms with Gasteiger partial charge >= 0.3 is 0 Å². The lowest BCUT2D eigenvalue weighted by molar-refractivity contribution is 0.182. The van der Waals surface area contributed by atoms with E-state index in [9.17, 15) is 0 Å². The highest BCUT2D eigenvalue weighted by Crippen LogP contribution is 2.31. The first-order chi connectivity index (χ1) is 11.0. The van der Waals surface area contributed by atoms with Gasteiger partial charge in [0.2, 0.25) is 11.8 Å². The van der Waals surface area contributed by atoms with Gasteiger partial charge in [0.25, 0.3) is 0 Å². The lowest BCUT2D eigenvalue weighted by Crippen LogP contribution is -2.34. The van der Waals surface area contributed by atoms with Crippen LogP contribution in [0, 0.1) is 0 Å². The van der Waals surface area contributed by atoms with Gasteiger partial charge in [-0.25, -0.2) is 4.98 Å². The van der Waals surface area contributed by atoms with Gasteiger partial charge in [-0.05, 0) is 25.3 Å². The Morgan fingerprint density at radius 3 is 2.74 bits per heavy atom. The van der Waals surface area contributed by atoms with Crippen LogP contribution in [0.15, 0.2) is 9.80 Å². The molecule has 3 rings (SSSR count). The van der Waals surface area contributed by atoms with Gasteiger partial charge in [0, 0.05) is 23.8 Å². The summed E-state index contributed by atoms with van der Waals surface area (Å²) in [5.74, 6) is 2.79. The number of hydrogen-bond acceptors (Lipinski definition) is 6. The van der Waals surface area contributed by atoms with E-state index < -0.39 is 0 Å². The number of thiazole rings is 1. The summed E-state index contributed by atoms with van der Waals surface area (Å²) < 4.78 is 5.75. The monoisotopic (exact) mass is 334 g/mol. The van der Waals surface area contributed by atoms with Crippen molar-refractivity contribution >= 4 is 11.3 Å². The molecule has 0 N–H and O–H groups in total. The standard InChI is InChI=1S/C17H26N4OS/c1-11(2)14-10-23-17(18-14)13-6-5-7-21(8-13)9-15-19-20-16(22-15)12(3)4/h10-13H,5-9H2,1-4H3/t13-/m0/s1. The molecule has 0 saturated carbocycles. The van der Waals surface area contributed by atoms with Crippen LogP contribution in [-0.4, -0.2) is 33.2 Å². The van der Waals surface area contributed by atoms with Gasteiger partial charge in [0.1, 0.15) is 0 Å². The number of aromatic nitrogens is 3. The first-order valence-electron chi connectivity index (χ1n) is 8.53. The fourth-order valence-corrected chi connectivity index (χ4v) is 4.02. The Morgan fingerprint density at radius 1 is 1.26 bits per heavy atom. The van der Waals surface area contributed by atoms with Crippen LogP contribution in [0.2, 0.25) is 0 Å². The molecule has 0 aromatic carbocycles. The van der Waals surface area contributed by atoms with E-state index in [-0.39, 0.29) is 5.92 Å². The van der Waals surface area contributed by atoms with E-state index in [1.165, 1.54) is 23.5 Å². The molecule has 0 amide bonds. The zero-order valence-electron chi connectivity index (χ0n) is 14.5. The molecular weight excluding hydrogens is 308 g/mol. The van der Waals surface area contributed by atoms with E-state index in [4.69, 9.17) is 9.40 Å². The lowest BCUT2D eigenvalue weighted by atomic mass is 9.98.